The SMILES string of the molecule is CC(C)C[C@H](NC(=O)[C@@H](NC(=O)[C@H](CO)NC(=O)[C@@H]1CCCN1C(=O)[C@H](CC(C)C)NC(=O)[C@H](CC(C)C)NC(=O)[C@H](CC(N)=O)NC(=O)[C@H](CC(=O)O)NC(=O)[C@H](CC(C)C)NC(=O)[C@@H](N)Cc1ccc(O)cc1)[C@@H](C)O)C(=O)O. The number of rotatable bonds is 34. The topological polar surface area (TPSA) is 458 Å². The van der Waals surface area contributed by atoms with Gasteiger partial charge in [-0.15, -0.1) is 0 Å². The summed E-state index contributed by atoms with van der Waals surface area (Å²) in [5.41, 5.74) is 12.2. The molecule has 1 aromatic carbocycles. The Morgan fingerprint density at radius 2 is 0.975 bits per heavy atom. The molecule has 1 fully saturated rings. The Labute approximate surface area is 470 Å². The standard InChI is InChI=1S/C53H85N11O17/c1-25(2)17-33(56-44(71)32(54)21-30-12-14-31(67)15-13-30)45(72)59-36(23-42(69)70)48(75)58-35(22-41(55)68)47(74)57-34(18-26(3)4)46(73)60-37(19-27(5)6)52(79)64-16-10-11-40(64)50(77)62-39(24-65)49(76)63-43(29(9)66)51(78)61-38(53(80)81)20-28(7)8/h12-15,25-29,32-40,43,65-67H,10-11,16-24,54H2,1-9H3,(H2,55,68)(H,56,71)(H,57,74)(H,58,75)(H,59,72)(H,60,73)(H,61,78)(H,62,77)(H,63,76)(H,69,70)(H,80,81)/t29-,32+,33+,34+,35+,36+,37+,38+,39+,40+,43+/m1/s1. The second kappa shape index (κ2) is 33.3. The van der Waals surface area contributed by atoms with E-state index in [0.717, 1.165) is 6.92 Å². The minimum Gasteiger partial charge on any atom is -0.508 e. The quantitative estimate of drug-likeness (QED) is 0.0330. The summed E-state index contributed by atoms with van der Waals surface area (Å²) in [6.07, 6.45) is -3.11. The third-order valence-corrected chi connectivity index (χ3v) is 12.8. The maximum absolute atomic E-state index is 14.4. The van der Waals surface area contributed by atoms with Gasteiger partial charge in [0, 0.05) is 6.54 Å². The molecule has 0 bridgehead atoms. The van der Waals surface area contributed by atoms with Crippen LogP contribution in [0, 0.1) is 23.7 Å². The van der Waals surface area contributed by atoms with Gasteiger partial charge < -0.3 is 84.4 Å². The van der Waals surface area contributed by atoms with Gasteiger partial charge in [0.25, 0.3) is 0 Å². The molecule has 0 unspecified atom stereocenters. The van der Waals surface area contributed by atoms with Crippen LogP contribution in [-0.2, 0) is 64.0 Å². The third-order valence-electron chi connectivity index (χ3n) is 12.8. The number of benzene rings is 1. The fraction of sp³-hybridized carbons (Fsp3) is 0.660. The molecule has 1 aliphatic heterocycles. The number of aliphatic hydroxyl groups excluding tert-OH is 2. The molecule has 0 spiro atoms. The number of aromatic hydroxyl groups is 1. The highest BCUT2D eigenvalue weighted by Crippen LogP contribution is 2.22. The molecule has 454 valence electrons. The average Bonchev–Trinajstić information content (AvgIpc) is 3.85. The van der Waals surface area contributed by atoms with Crippen molar-refractivity contribution in [2.75, 3.05) is 13.2 Å². The summed E-state index contributed by atoms with van der Waals surface area (Å²) in [6.45, 7) is 14.0. The normalized spacial score (nSPS) is 17.0. The number of primary amides is 1. The van der Waals surface area contributed by atoms with Crippen molar-refractivity contribution >= 4 is 71.0 Å². The van der Waals surface area contributed by atoms with E-state index in [4.69, 9.17) is 11.5 Å². The lowest BCUT2D eigenvalue weighted by molar-refractivity contribution is -0.144. The minimum atomic E-state index is -1.90. The van der Waals surface area contributed by atoms with Crippen LogP contribution < -0.4 is 54.0 Å². The van der Waals surface area contributed by atoms with Crippen molar-refractivity contribution in [3.63, 3.8) is 0 Å². The number of hydrogen-bond acceptors (Lipinski definition) is 16. The molecule has 0 radical (unpaired) electrons. The van der Waals surface area contributed by atoms with Crippen molar-refractivity contribution in [2.45, 2.75) is 187 Å². The summed E-state index contributed by atoms with van der Waals surface area (Å²) in [6, 6.07) is -9.15. The molecule has 0 aromatic heterocycles. The van der Waals surface area contributed by atoms with Gasteiger partial charge in [-0.3, -0.25) is 52.7 Å². The van der Waals surface area contributed by atoms with Gasteiger partial charge >= 0.3 is 11.9 Å². The van der Waals surface area contributed by atoms with Crippen LogP contribution in [0.25, 0.3) is 0 Å². The first kappa shape index (κ1) is 69.6. The number of aliphatic carboxylic acids is 2. The van der Waals surface area contributed by atoms with Crippen molar-refractivity contribution in [3.8, 4) is 5.75 Å². The smallest absolute Gasteiger partial charge is 0.326 e. The fourth-order valence-electron chi connectivity index (χ4n) is 8.82. The van der Waals surface area contributed by atoms with Crippen LogP contribution in [0.4, 0.5) is 0 Å². The van der Waals surface area contributed by atoms with E-state index < -0.39 is 157 Å². The predicted octanol–water partition coefficient (Wildman–Crippen LogP) is -2.88. The van der Waals surface area contributed by atoms with Crippen molar-refractivity contribution in [2.24, 2.45) is 35.1 Å². The molecule has 28 heteroatoms. The summed E-state index contributed by atoms with van der Waals surface area (Å²) in [5, 5.41) is 68.6. The summed E-state index contributed by atoms with van der Waals surface area (Å²) in [4.78, 5) is 161. The number of amides is 10. The zero-order chi connectivity index (χ0) is 61.6. The largest absolute Gasteiger partial charge is 0.508 e. The second-order valence-corrected chi connectivity index (χ2v) is 22.1. The van der Waals surface area contributed by atoms with Gasteiger partial charge in [-0.25, -0.2) is 4.79 Å². The average molecular weight is 1150 g/mol. The van der Waals surface area contributed by atoms with Crippen molar-refractivity contribution in [3.05, 3.63) is 29.8 Å². The first-order chi connectivity index (χ1) is 37.7. The summed E-state index contributed by atoms with van der Waals surface area (Å²) < 4.78 is 0. The van der Waals surface area contributed by atoms with E-state index >= 15 is 0 Å². The van der Waals surface area contributed by atoms with Gasteiger partial charge in [0.1, 0.15) is 60.1 Å². The van der Waals surface area contributed by atoms with Crippen LogP contribution in [0.5, 0.6) is 5.75 Å². The van der Waals surface area contributed by atoms with Crippen molar-refractivity contribution in [1.29, 1.82) is 0 Å². The molecular formula is C53H85N11O17. The van der Waals surface area contributed by atoms with E-state index in [1.807, 2.05) is 0 Å². The number of aliphatic hydroxyl groups is 2. The summed E-state index contributed by atoms with van der Waals surface area (Å²) >= 11 is 0. The summed E-state index contributed by atoms with van der Waals surface area (Å²) in [7, 11) is 0. The molecule has 0 aliphatic carbocycles. The number of carbonyl (C=O) groups excluding carboxylic acids is 10. The molecule has 11 atom stereocenters. The number of nitrogens with two attached hydrogens (primary N) is 2. The first-order valence-electron chi connectivity index (χ1n) is 27.0. The molecule has 81 heavy (non-hydrogen) atoms. The zero-order valence-electron chi connectivity index (χ0n) is 47.5. The maximum Gasteiger partial charge on any atom is 0.326 e. The second-order valence-electron chi connectivity index (χ2n) is 22.1. The monoisotopic (exact) mass is 1150 g/mol. The Bertz CT molecular complexity index is 2370. The molecule has 10 amide bonds. The minimum absolute atomic E-state index is 0.00743. The number of carbonyl (C=O) groups is 12. The third kappa shape index (κ3) is 24.0. The van der Waals surface area contributed by atoms with Gasteiger partial charge in [0.05, 0.1) is 31.6 Å². The Kier molecular flexibility index (Phi) is 28.7. The number of nitrogens with one attached hydrogen (secondary N) is 8. The Hall–Kier alpha value is -7.46. The Morgan fingerprint density at radius 3 is 1.43 bits per heavy atom. The van der Waals surface area contributed by atoms with Crippen molar-refractivity contribution < 1.29 is 83.1 Å². The molecule has 17 N–H and O–H groups in total. The van der Waals surface area contributed by atoms with Crippen LogP contribution in [0.3, 0.4) is 0 Å². The highest BCUT2D eigenvalue weighted by Gasteiger charge is 2.41. The lowest BCUT2D eigenvalue weighted by Crippen LogP contribution is -2.62. The number of carboxylic acid groups (broad SMARTS) is 2. The van der Waals surface area contributed by atoms with Crippen molar-refractivity contribution in [1.82, 2.24) is 47.4 Å². The highest BCUT2D eigenvalue weighted by molar-refractivity contribution is 6.00. The van der Waals surface area contributed by atoms with E-state index in [1.165, 1.54) is 17.0 Å². The van der Waals surface area contributed by atoms with E-state index in [2.05, 4.69) is 42.5 Å². The number of likely N-dealkylation sites (tertiary alicyclic amines) is 1. The zero-order valence-corrected chi connectivity index (χ0v) is 47.5. The molecule has 28 nitrogen and oxygen atoms in total. The van der Waals surface area contributed by atoms with Gasteiger partial charge in [0.2, 0.25) is 59.1 Å². The van der Waals surface area contributed by atoms with Crippen LogP contribution in [0.1, 0.15) is 119 Å². The number of phenols is 1. The van der Waals surface area contributed by atoms with Crippen LogP contribution in [-0.4, -0.2) is 181 Å². The molecule has 1 heterocycles. The Balaban J connectivity index is 2.33. The van der Waals surface area contributed by atoms with E-state index in [1.54, 1.807) is 67.5 Å². The first-order valence-corrected chi connectivity index (χ1v) is 27.0. The molecule has 1 aromatic rings. The Morgan fingerprint density at radius 1 is 0.556 bits per heavy atom. The van der Waals surface area contributed by atoms with E-state index in [0.29, 0.717) is 5.56 Å². The maximum atomic E-state index is 14.4. The molecule has 2 rings (SSSR count). The summed E-state index contributed by atoms with van der Waals surface area (Å²) in [5.74, 6) is -13.8. The molecule has 1 aliphatic rings. The van der Waals surface area contributed by atoms with Gasteiger partial charge in [-0.05, 0) is 93.2 Å². The van der Waals surface area contributed by atoms with E-state index in [9.17, 15) is 83.1 Å². The highest BCUT2D eigenvalue weighted by atomic mass is 16.4. The number of hydrogen-bond donors (Lipinski definition) is 15. The number of phenolic OH excluding ortho intramolecular Hbond substituents is 1. The fourth-order valence-corrected chi connectivity index (χ4v) is 8.82. The predicted molar refractivity (Wildman–Crippen MR) is 290 cm³/mol. The van der Waals surface area contributed by atoms with Gasteiger partial charge in [-0.1, -0.05) is 67.5 Å². The lowest BCUT2D eigenvalue weighted by Gasteiger charge is -2.32. The number of carboxylic acids is 2. The van der Waals surface area contributed by atoms with Crippen LogP contribution in [0.2, 0.25) is 0 Å². The van der Waals surface area contributed by atoms with Gasteiger partial charge in [0.15, 0.2) is 0 Å². The molecule has 0 saturated carbocycles. The lowest BCUT2D eigenvalue weighted by atomic mass is 9.99. The van der Waals surface area contributed by atoms with E-state index in [-0.39, 0.29) is 80.9 Å². The van der Waals surface area contributed by atoms with Crippen LogP contribution >= 0.6 is 0 Å². The van der Waals surface area contributed by atoms with Crippen LogP contribution in [0.15, 0.2) is 24.3 Å². The molecule has 1 saturated heterocycles. The van der Waals surface area contributed by atoms with Gasteiger partial charge in [-0.2, -0.15) is 0 Å². The molecular weight excluding hydrogens is 1060 g/mol. The number of nitrogens with zero attached hydrogens (tertiary/aromatic N) is 1.